The van der Waals surface area contributed by atoms with Crippen molar-refractivity contribution >= 4 is 11.8 Å². The number of alkyl halides is 3. The average Bonchev–Trinajstić information content (AvgIpc) is 2.86. The van der Waals surface area contributed by atoms with Crippen molar-refractivity contribution in [3.05, 3.63) is 0 Å². The molecule has 1 saturated heterocycles. The highest BCUT2D eigenvalue weighted by Crippen LogP contribution is 2.43. The van der Waals surface area contributed by atoms with E-state index in [1.54, 1.807) is 6.92 Å². The predicted molar refractivity (Wildman–Crippen MR) is 66.9 cm³/mol. The van der Waals surface area contributed by atoms with Gasteiger partial charge in [0.1, 0.15) is 6.04 Å². The van der Waals surface area contributed by atoms with Crippen molar-refractivity contribution in [2.45, 2.75) is 32.5 Å². The summed E-state index contributed by atoms with van der Waals surface area (Å²) in [5.74, 6) is -1.55. The van der Waals surface area contributed by atoms with Crippen LogP contribution in [0.3, 0.4) is 0 Å². The molecule has 116 valence electrons. The number of amides is 2. The van der Waals surface area contributed by atoms with Crippen LogP contribution in [0, 0.1) is 5.41 Å². The highest BCUT2D eigenvalue weighted by atomic mass is 19.4. The Balaban J connectivity index is 2.81. The van der Waals surface area contributed by atoms with E-state index in [4.69, 9.17) is 0 Å². The SMILES string of the molecule is CCN(C)C(=O)C(C)NC(=O)C1(C(F)(F)F)CCNC1. The second-order valence-electron chi connectivity index (χ2n) is 5.05. The van der Waals surface area contributed by atoms with Crippen molar-refractivity contribution in [1.29, 1.82) is 0 Å². The Labute approximate surface area is 115 Å². The first-order valence-corrected chi connectivity index (χ1v) is 6.49. The zero-order valence-electron chi connectivity index (χ0n) is 11.8. The molecule has 0 radical (unpaired) electrons. The van der Waals surface area contributed by atoms with Gasteiger partial charge in [0.15, 0.2) is 5.41 Å². The van der Waals surface area contributed by atoms with Crippen molar-refractivity contribution in [1.82, 2.24) is 15.5 Å². The Kier molecular flexibility index (Phi) is 5.01. The molecule has 1 aliphatic rings. The highest BCUT2D eigenvalue weighted by molar-refractivity contribution is 5.90. The number of carbonyl (C=O) groups is 2. The lowest BCUT2D eigenvalue weighted by Crippen LogP contribution is -2.56. The summed E-state index contributed by atoms with van der Waals surface area (Å²) >= 11 is 0. The molecule has 1 fully saturated rings. The smallest absolute Gasteiger partial charge is 0.344 e. The molecule has 2 amide bonds. The van der Waals surface area contributed by atoms with Gasteiger partial charge in [0.2, 0.25) is 11.8 Å². The van der Waals surface area contributed by atoms with Crippen LogP contribution < -0.4 is 10.6 Å². The van der Waals surface area contributed by atoms with Gasteiger partial charge in [-0.3, -0.25) is 9.59 Å². The Morgan fingerprint density at radius 1 is 1.45 bits per heavy atom. The van der Waals surface area contributed by atoms with E-state index in [2.05, 4.69) is 10.6 Å². The minimum atomic E-state index is -4.64. The molecule has 8 heteroatoms. The van der Waals surface area contributed by atoms with Crippen LogP contribution in [-0.2, 0) is 9.59 Å². The summed E-state index contributed by atoms with van der Waals surface area (Å²) in [7, 11) is 1.53. The summed E-state index contributed by atoms with van der Waals surface area (Å²) < 4.78 is 39.4. The van der Waals surface area contributed by atoms with Gasteiger partial charge >= 0.3 is 6.18 Å². The monoisotopic (exact) mass is 295 g/mol. The number of hydrogen-bond donors (Lipinski definition) is 2. The molecular formula is C12H20F3N3O2. The van der Waals surface area contributed by atoms with E-state index in [-0.39, 0.29) is 13.0 Å². The summed E-state index contributed by atoms with van der Waals surface area (Å²) in [5, 5.41) is 4.75. The number of hydrogen-bond acceptors (Lipinski definition) is 3. The van der Waals surface area contributed by atoms with E-state index >= 15 is 0 Å². The summed E-state index contributed by atoms with van der Waals surface area (Å²) in [4.78, 5) is 25.1. The van der Waals surface area contributed by atoms with Crippen molar-refractivity contribution in [2.24, 2.45) is 5.41 Å². The maximum Gasteiger partial charge on any atom is 0.404 e. The Morgan fingerprint density at radius 3 is 2.45 bits per heavy atom. The minimum Gasteiger partial charge on any atom is -0.344 e. The zero-order valence-corrected chi connectivity index (χ0v) is 11.8. The lowest BCUT2D eigenvalue weighted by atomic mass is 9.85. The van der Waals surface area contributed by atoms with Crippen LogP contribution in [0.5, 0.6) is 0 Å². The average molecular weight is 295 g/mol. The van der Waals surface area contributed by atoms with Crippen LogP contribution in [0.15, 0.2) is 0 Å². The van der Waals surface area contributed by atoms with E-state index in [1.807, 2.05) is 0 Å². The predicted octanol–water partition coefficient (Wildman–Crippen LogP) is 0.511. The minimum absolute atomic E-state index is 0.129. The molecule has 0 aromatic carbocycles. The van der Waals surface area contributed by atoms with Crippen molar-refractivity contribution in [3.63, 3.8) is 0 Å². The number of carbonyl (C=O) groups excluding carboxylic acids is 2. The van der Waals surface area contributed by atoms with Crippen LogP contribution in [-0.4, -0.2) is 55.6 Å². The first-order chi connectivity index (χ1) is 9.15. The van der Waals surface area contributed by atoms with E-state index in [1.165, 1.54) is 18.9 Å². The standard InChI is InChI=1S/C12H20F3N3O2/c1-4-18(3)9(19)8(2)17-10(20)11(12(13,14)15)5-6-16-7-11/h8,16H,4-7H2,1-3H3,(H,17,20). The van der Waals surface area contributed by atoms with E-state index in [9.17, 15) is 22.8 Å². The van der Waals surface area contributed by atoms with Crippen LogP contribution in [0.2, 0.25) is 0 Å². The summed E-state index contributed by atoms with van der Waals surface area (Å²) in [6, 6.07) is -0.979. The van der Waals surface area contributed by atoms with E-state index < -0.39 is 36.0 Å². The van der Waals surface area contributed by atoms with E-state index in [0.29, 0.717) is 6.54 Å². The number of rotatable bonds is 4. The fraction of sp³-hybridized carbons (Fsp3) is 0.833. The van der Waals surface area contributed by atoms with Gasteiger partial charge in [0, 0.05) is 20.1 Å². The van der Waals surface area contributed by atoms with Gasteiger partial charge in [-0.05, 0) is 26.8 Å². The highest BCUT2D eigenvalue weighted by Gasteiger charge is 2.61. The van der Waals surface area contributed by atoms with Crippen molar-refractivity contribution in [3.8, 4) is 0 Å². The summed E-state index contributed by atoms with van der Waals surface area (Å²) in [5.41, 5.74) is -2.44. The Hall–Kier alpha value is -1.31. The maximum absolute atomic E-state index is 13.1. The largest absolute Gasteiger partial charge is 0.404 e. The molecule has 2 atom stereocenters. The first kappa shape index (κ1) is 16.7. The van der Waals surface area contributed by atoms with Gasteiger partial charge in [-0.1, -0.05) is 0 Å². The van der Waals surface area contributed by atoms with Crippen LogP contribution in [0.25, 0.3) is 0 Å². The third-order valence-corrected chi connectivity index (χ3v) is 3.70. The number of halogens is 3. The topological polar surface area (TPSA) is 61.4 Å². The molecule has 20 heavy (non-hydrogen) atoms. The maximum atomic E-state index is 13.1. The normalized spacial score (nSPS) is 24.3. The summed E-state index contributed by atoms with van der Waals surface area (Å²) in [6.07, 6.45) is -4.95. The second-order valence-corrected chi connectivity index (χ2v) is 5.05. The fourth-order valence-electron chi connectivity index (χ4n) is 2.14. The molecule has 2 N–H and O–H groups in total. The molecule has 0 aromatic rings. The molecule has 0 saturated carbocycles. The fourth-order valence-corrected chi connectivity index (χ4v) is 2.14. The zero-order chi connectivity index (χ0) is 15.6. The third kappa shape index (κ3) is 3.05. The number of nitrogens with zero attached hydrogens (tertiary/aromatic N) is 1. The Bertz CT molecular complexity index is 379. The lowest BCUT2D eigenvalue weighted by molar-refractivity contribution is -0.216. The van der Waals surface area contributed by atoms with Crippen molar-refractivity contribution in [2.75, 3.05) is 26.7 Å². The van der Waals surface area contributed by atoms with Gasteiger partial charge in [-0.2, -0.15) is 13.2 Å². The molecule has 1 rings (SSSR count). The van der Waals surface area contributed by atoms with Crippen molar-refractivity contribution < 1.29 is 22.8 Å². The number of nitrogens with one attached hydrogen (secondary N) is 2. The van der Waals surface area contributed by atoms with Gasteiger partial charge in [-0.25, -0.2) is 0 Å². The molecule has 2 unspecified atom stereocenters. The molecular weight excluding hydrogens is 275 g/mol. The molecule has 1 aliphatic heterocycles. The van der Waals surface area contributed by atoms with E-state index in [0.717, 1.165) is 0 Å². The Morgan fingerprint density at radius 2 is 2.05 bits per heavy atom. The van der Waals surface area contributed by atoms with Gasteiger partial charge < -0.3 is 15.5 Å². The van der Waals surface area contributed by atoms with Gasteiger partial charge in [0.05, 0.1) is 0 Å². The molecule has 0 bridgehead atoms. The summed E-state index contributed by atoms with van der Waals surface area (Å²) in [6.45, 7) is 3.23. The molecule has 0 aliphatic carbocycles. The van der Waals surface area contributed by atoms with Gasteiger partial charge in [-0.15, -0.1) is 0 Å². The van der Waals surface area contributed by atoms with Gasteiger partial charge in [0.25, 0.3) is 0 Å². The third-order valence-electron chi connectivity index (χ3n) is 3.70. The molecule has 0 aromatic heterocycles. The van der Waals surface area contributed by atoms with Crippen LogP contribution >= 0.6 is 0 Å². The van der Waals surface area contributed by atoms with Crippen LogP contribution in [0.4, 0.5) is 13.2 Å². The molecule has 1 heterocycles. The number of likely N-dealkylation sites (N-methyl/N-ethyl adjacent to an activating group) is 1. The van der Waals surface area contributed by atoms with Crippen LogP contribution in [0.1, 0.15) is 20.3 Å². The lowest BCUT2D eigenvalue weighted by Gasteiger charge is -2.31. The first-order valence-electron chi connectivity index (χ1n) is 6.49. The molecule has 0 spiro atoms. The quantitative estimate of drug-likeness (QED) is 0.794. The second kappa shape index (κ2) is 5.99. The molecule has 5 nitrogen and oxygen atoms in total.